The number of aryl methyl sites for hydroxylation is 1. The van der Waals surface area contributed by atoms with Crippen LogP contribution < -0.4 is 16.6 Å². The molecule has 1 aromatic heterocycles. The lowest BCUT2D eigenvalue weighted by Crippen LogP contribution is -2.18. The van der Waals surface area contributed by atoms with Gasteiger partial charge in [0.15, 0.2) is 0 Å². The highest BCUT2D eigenvalue weighted by Gasteiger charge is 2.18. The van der Waals surface area contributed by atoms with E-state index in [9.17, 15) is 0 Å². The molecule has 0 saturated heterocycles. The van der Waals surface area contributed by atoms with Gasteiger partial charge in [0.05, 0.1) is 0 Å². The van der Waals surface area contributed by atoms with Crippen LogP contribution in [0.15, 0.2) is 0 Å². The summed E-state index contributed by atoms with van der Waals surface area (Å²) in [5, 5.41) is 3.47. The zero-order valence-electron chi connectivity index (χ0n) is 13.6. The Hall–Kier alpha value is -1.36. The van der Waals surface area contributed by atoms with Crippen LogP contribution in [0.4, 0.5) is 11.6 Å². The van der Waals surface area contributed by atoms with Crippen molar-refractivity contribution in [3.05, 3.63) is 11.4 Å². The molecule has 4 N–H and O–H groups in total. The molecule has 0 atom stereocenters. The van der Waals surface area contributed by atoms with Gasteiger partial charge in [-0.25, -0.2) is 15.8 Å². The molecular weight excluding hydrogens is 262 g/mol. The van der Waals surface area contributed by atoms with Gasteiger partial charge in [-0.1, -0.05) is 39.5 Å². The van der Waals surface area contributed by atoms with Crippen molar-refractivity contribution < 1.29 is 0 Å². The molecule has 5 nitrogen and oxygen atoms in total. The minimum Gasteiger partial charge on any atom is -0.370 e. The van der Waals surface area contributed by atoms with Gasteiger partial charge in [0, 0.05) is 18.5 Å². The maximum absolute atomic E-state index is 5.53. The maximum atomic E-state index is 5.53. The number of hydrogen-bond acceptors (Lipinski definition) is 5. The Bertz CT molecular complexity index is 452. The van der Waals surface area contributed by atoms with Gasteiger partial charge >= 0.3 is 0 Å². The number of nitrogens with one attached hydrogen (secondary N) is 2. The second-order valence-corrected chi connectivity index (χ2v) is 6.30. The van der Waals surface area contributed by atoms with Crippen molar-refractivity contribution in [1.29, 1.82) is 0 Å². The molecule has 118 valence electrons. The highest BCUT2D eigenvalue weighted by molar-refractivity contribution is 5.56. The Kier molecular flexibility index (Phi) is 5.79. The van der Waals surface area contributed by atoms with E-state index in [1.807, 2.05) is 6.92 Å². The molecule has 1 heterocycles. The lowest BCUT2D eigenvalue weighted by Gasteiger charge is -2.26. The highest BCUT2D eigenvalue weighted by Crippen LogP contribution is 2.30. The van der Waals surface area contributed by atoms with Crippen LogP contribution in [0.2, 0.25) is 0 Å². The lowest BCUT2D eigenvalue weighted by atomic mass is 9.81. The van der Waals surface area contributed by atoms with E-state index in [0.29, 0.717) is 0 Å². The molecule has 0 amide bonds. The third-order valence-electron chi connectivity index (χ3n) is 4.63. The van der Waals surface area contributed by atoms with E-state index >= 15 is 0 Å². The van der Waals surface area contributed by atoms with Crippen LogP contribution in [0.1, 0.15) is 57.3 Å². The van der Waals surface area contributed by atoms with E-state index in [1.54, 1.807) is 0 Å². The molecule has 1 saturated carbocycles. The zero-order chi connectivity index (χ0) is 15.2. The second-order valence-electron chi connectivity index (χ2n) is 6.30. The first-order valence-corrected chi connectivity index (χ1v) is 8.22. The van der Waals surface area contributed by atoms with E-state index in [4.69, 9.17) is 5.84 Å². The number of hydrazine groups is 1. The third kappa shape index (κ3) is 4.30. The lowest BCUT2D eigenvalue weighted by molar-refractivity contribution is 0.282. The van der Waals surface area contributed by atoms with Gasteiger partial charge in [0.25, 0.3) is 0 Å². The normalized spacial score (nSPS) is 22.1. The number of nitrogens with zero attached hydrogens (tertiary/aromatic N) is 2. The number of nitrogens with two attached hydrogens (primary N) is 1. The van der Waals surface area contributed by atoms with Crippen molar-refractivity contribution in [2.75, 3.05) is 17.3 Å². The van der Waals surface area contributed by atoms with Crippen LogP contribution in [0, 0.1) is 18.8 Å². The first-order valence-electron chi connectivity index (χ1n) is 8.22. The monoisotopic (exact) mass is 291 g/mol. The van der Waals surface area contributed by atoms with Crippen molar-refractivity contribution in [3.8, 4) is 0 Å². The standard InChI is InChI=1S/C16H29N5/c1-4-14-19-15(12(3)16(20-14)21-17)18-10-9-13-7-5-11(2)6-8-13/h11,13H,4-10,17H2,1-3H3,(H2,18,19,20,21). The van der Waals surface area contributed by atoms with Crippen molar-refractivity contribution in [2.24, 2.45) is 17.7 Å². The Morgan fingerprint density at radius 2 is 1.81 bits per heavy atom. The van der Waals surface area contributed by atoms with Gasteiger partial charge in [-0.2, -0.15) is 0 Å². The summed E-state index contributed by atoms with van der Waals surface area (Å²) in [6, 6.07) is 0. The fourth-order valence-corrected chi connectivity index (χ4v) is 3.05. The van der Waals surface area contributed by atoms with Crippen LogP contribution in [0.3, 0.4) is 0 Å². The largest absolute Gasteiger partial charge is 0.370 e. The summed E-state index contributed by atoms with van der Waals surface area (Å²) < 4.78 is 0. The van der Waals surface area contributed by atoms with Crippen molar-refractivity contribution >= 4 is 11.6 Å². The van der Waals surface area contributed by atoms with E-state index < -0.39 is 0 Å². The van der Waals surface area contributed by atoms with Gasteiger partial charge in [-0.15, -0.1) is 0 Å². The third-order valence-corrected chi connectivity index (χ3v) is 4.63. The molecule has 0 bridgehead atoms. The number of aromatic nitrogens is 2. The van der Waals surface area contributed by atoms with Gasteiger partial charge in [0.2, 0.25) is 0 Å². The average Bonchev–Trinajstić information content (AvgIpc) is 2.51. The number of hydrogen-bond donors (Lipinski definition) is 3. The summed E-state index contributed by atoms with van der Waals surface area (Å²) in [5.74, 6) is 9.78. The molecule has 1 aromatic rings. The molecule has 0 radical (unpaired) electrons. The maximum Gasteiger partial charge on any atom is 0.148 e. The van der Waals surface area contributed by atoms with E-state index in [2.05, 4.69) is 34.6 Å². The number of nitrogen functional groups attached to an aromatic ring is 1. The van der Waals surface area contributed by atoms with Crippen LogP contribution in [0.25, 0.3) is 0 Å². The Morgan fingerprint density at radius 3 is 2.43 bits per heavy atom. The van der Waals surface area contributed by atoms with Gasteiger partial charge in [-0.3, -0.25) is 0 Å². The summed E-state index contributed by atoms with van der Waals surface area (Å²) in [6.07, 6.45) is 7.56. The summed E-state index contributed by atoms with van der Waals surface area (Å²) in [4.78, 5) is 8.97. The highest BCUT2D eigenvalue weighted by atomic mass is 15.3. The molecule has 1 aliphatic carbocycles. The predicted octanol–water partition coefficient (Wildman–Crippen LogP) is 3.26. The van der Waals surface area contributed by atoms with Crippen LogP contribution in [-0.2, 0) is 6.42 Å². The Morgan fingerprint density at radius 1 is 1.14 bits per heavy atom. The van der Waals surface area contributed by atoms with Crippen LogP contribution in [0.5, 0.6) is 0 Å². The van der Waals surface area contributed by atoms with Gasteiger partial charge < -0.3 is 10.7 Å². The molecule has 1 fully saturated rings. The number of rotatable bonds is 6. The molecule has 0 aromatic carbocycles. The van der Waals surface area contributed by atoms with Crippen molar-refractivity contribution in [1.82, 2.24) is 9.97 Å². The summed E-state index contributed by atoms with van der Waals surface area (Å²) in [6.45, 7) is 7.40. The number of anilines is 2. The first-order chi connectivity index (χ1) is 10.1. The Balaban J connectivity index is 1.90. The van der Waals surface area contributed by atoms with E-state index in [-0.39, 0.29) is 0 Å². The van der Waals surface area contributed by atoms with E-state index in [1.165, 1.54) is 32.1 Å². The molecular formula is C16H29N5. The molecule has 5 heteroatoms. The molecule has 1 aliphatic rings. The fraction of sp³-hybridized carbons (Fsp3) is 0.750. The van der Waals surface area contributed by atoms with Crippen LogP contribution >= 0.6 is 0 Å². The quantitative estimate of drug-likeness (QED) is 0.554. The topological polar surface area (TPSA) is 75.9 Å². The summed E-state index contributed by atoms with van der Waals surface area (Å²) in [7, 11) is 0. The second kappa shape index (κ2) is 7.59. The molecule has 21 heavy (non-hydrogen) atoms. The molecule has 2 rings (SSSR count). The zero-order valence-corrected chi connectivity index (χ0v) is 13.6. The van der Waals surface area contributed by atoms with Gasteiger partial charge in [0.1, 0.15) is 17.5 Å². The van der Waals surface area contributed by atoms with Gasteiger partial charge in [-0.05, 0) is 25.2 Å². The minimum absolute atomic E-state index is 0.718. The van der Waals surface area contributed by atoms with Crippen molar-refractivity contribution in [2.45, 2.75) is 59.3 Å². The minimum atomic E-state index is 0.718. The average molecular weight is 291 g/mol. The first kappa shape index (κ1) is 16.0. The fourth-order valence-electron chi connectivity index (χ4n) is 3.05. The van der Waals surface area contributed by atoms with Crippen LogP contribution in [-0.4, -0.2) is 16.5 Å². The molecule has 0 aliphatic heterocycles. The molecule has 0 spiro atoms. The summed E-state index contributed by atoms with van der Waals surface area (Å²) >= 11 is 0. The Labute approximate surface area is 128 Å². The summed E-state index contributed by atoms with van der Waals surface area (Å²) in [5.41, 5.74) is 3.66. The van der Waals surface area contributed by atoms with E-state index in [0.717, 1.165) is 47.8 Å². The smallest absolute Gasteiger partial charge is 0.148 e. The SMILES string of the molecule is CCc1nc(NN)c(C)c(NCCC2CCC(C)CC2)n1. The molecule has 0 unspecified atom stereocenters. The predicted molar refractivity (Wildman–Crippen MR) is 88.2 cm³/mol. The van der Waals surface area contributed by atoms with Crippen molar-refractivity contribution in [3.63, 3.8) is 0 Å².